The summed E-state index contributed by atoms with van der Waals surface area (Å²) in [6.45, 7) is 7.68. The normalized spacial score (nSPS) is 19.2. The van der Waals surface area contributed by atoms with Gasteiger partial charge in [-0.15, -0.1) is 0 Å². The van der Waals surface area contributed by atoms with E-state index in [2.05, 4.69) is 22.9 Å². The molecule has 0 N–H and O–H groups in total. The highest BCUT2D eigenvalue weighted by Gasteiger charge is 2.29. The van der Waals surface area contributed by atoms with Gasteiger partial charge in [0.1, 0.15) is 11.6 Å². The summed E-state index contributed by atoms with van der Waals surface area (Å²) in [5.74, 6) is -0.228. The molecule has 8 heteroatoms. The number of piperidine rings is 1. The van der Waals surface area contributed by atoms with E-state index in [4.69, 9.17) is 9.47 Å². The summed E-state index contributed by atoms with van der Waals surface area (Å²) in [6.07, 6.45) is 1.51. The van der Waals surface area contributed by atoms with Crippen LogP contribution in [0.15, 0.2) is 42.5 Å². The molecule has 2 aromatic rings. The minimum Gasteiger partial charge on any atom is -0.483 e. The van der Waals surface area contributed by atoms with Crippen molar-refractivity contribution < 1.29 is 23.5 Å². The molecule has 0 unspecified atom stereocenters. The predicted molar refractivity (Wildman–Crippen MR) is 136 cm³/mol. The number of esters is 1. The Kier molecular flexibility index (Phi) is 8.93. The highest BCUT2D eigenvalue weighted by molar-refractivity contribution is 5.80. The van der Waals surface area contributed by atoms with Crippen LogP contribution in [-0.4, -0.2) is 86.1 Å². The molecule has 4 rings (SSSR count). The van der Waals surface area contributed by atoms with Crippen molar-refractivity contribution in [1.29, 1.82) is 0 Å². The Morgan fingerprint density at radius 2 is 1.72 bits per heavy atom. The van der Waals surface area contributed by atoms with Crippen LogP contribution in [0.4, 0.5) is 4.39 Å². The molecule has 2 aliphatic rings. The van der Waals surface area contributed by atoms with E-state index in [1.807, 2.05) is 12.1 Å². The zero-order chi connectivity index (χ0) is 25.5. The summed E-state index contributed by atoms with van der Waals surface area (Å²) in [5, 5.41) is 0. The largest absolute Gasteiger partial charge is 0.483 e. The Labute approximate surface area is 212 Å². The molecule has 194 valence electrons. The second-order valence-corrected chi connectivity index (χ2v) is 9.63. The van der Waals surface area contributed by atoms with Crippen molar-refractivity contribution in [1.82, 2.24) is 14.7 Å². The minimum absolute atomic E-state index is 0.0822. The predicted octanol–water partition coefficient (Wildman–Crippen LogP) is 3.42. The second kappa shape index (κ2) is 12.3. The lowest BCUT2D eigenvalue weighted by molar-refractivity contribution is -0.151. The van der Waals surface area contributed by atoms with E-state index < -0.39 is 0 Å². The summed E-state index contributed by atoms with van der Waals surface area (Å²) in [6, 6.07) is 12.4. The third-order valence-electron chi connectivity index (χ3n) is 6.97. The van der Waals surface area contributed by atoms with Crippen molar-refractivity contribution in [2.24, 2.45) is 5.92 Å². The fourth-order valence-electron chi connectivity index (χ4n) is 4.80. The Morgan fingerprint density at radius 3 is 2.44 bits per heavy atom. The monoisotopic (exact) mass is 497 g/mol. The van der Waals surface area contributed by atoms with Crippen molar-refractivity contribution in [2.45, 2.75) is 26.3 Å². The summed E-state index contributed by atoms with van der Waals surface area (Å²) in [7, 11) is 2.12. The lowest BCUT2D eigenvalue weighted by atomic mass is 9.98. The molecule has 2 fully saturated rings. The number of ether oxygens (including phenoxy) is 2. The molecule has 0 aromatic heterocycles. The standard InChI is InChI=1S/C28H36FN3O4/c1-3-35-28(34)23-5-4-12-32(19-23)27(33)20-36-26-11-8-22(21-6-9-25(29)10-7-21)17-24(26)18-31-15-13-30(2)14-16-31/h6-11,17,23H,3-5,12-16,18-20H2,1-2H3/t23-/m0/s1. The zero-order valence-electron chi connectivity index (χ0n) is 21.2. The van der Waals surface area contributed by atoms with E-state index in [9.17, 15) is 14.0 Å². The van der Waals surface area contributed by atoms with Gasteiger partial charge in [-0.05, 0) is 62.2 Å². The number of rotatable bonds is 8. The van der Waals surface area contributed by atoms with Crippen LogP contribution in [0, 0.1) is 11.7 Å². The Morgan fingerprint density at radius 1 is 1.00 bits per heavy atom. The Bertz CT molecular complexity index is 1040. The lowest BCUT2D eigenvalue weighted by Crippen LogP contribution is -2.45. The van der Waals surface area contributed by atoms with E-state index in [0.29, 0.717) is 32.0 Å². The Balaban J connectivity index is 1.46. The van der Waals surface area contributed by atoms with Gasteiger partial charge in [0.25, 0.3) is 5.91 Å². The van der Waals surface area contributed by atoms with Crippen LogP contribution >= 0.6 is 0 Å². The van der Waals surface area contributed by atoms with Crippen molar-refractivity contribution in [3.63, 3.8) is 0 Å². The smallest absolute Gasteiger partial charge is 0.310 e. The van der Waals surface area contributed by atoms with Crippen LogP contribution in [0.5, 0.6) is 5.75 Å². The molecule has 0 saturated carbocycles. The Hall–Kier alpha value is -2.97. The van der Waals surface area contributed by atoms with Crippen LogP contribution in [0.2, 0.25) is 0 Å². The van der Waals surface area contributed by atoms with Crippen LogP contribution in [0.25, 0.3) is 11.1 Å². The first-order chi connectivity index (χ1) is 17.4. The van der Waals surface area contributed by atoms with Gasteiger partial charge in [0, 0.05) is 51.4 Å². The van der Waals surface area contributed by atoms with E-state index >= 15 is 0 Å². The highest BCUT2D eigenvalue weighted by atomic mass is 19.1. The van der Waals surface area contributed by atoms with Gasteiger partial charge in [-0.25, -0.2) is 4.39 Å². The van der Waals surface area contributed by atoms with Crippen molar-refractivity contribution in [3.8, 4) is 16.9 Å². The number of nitrogens with zero attached hydrogens (tertiary/aromatic N) is 3. The van der Waals surface area contributed by atoms with Gasteiger partial charge >= 0.3 is 5.97 Å². The summed E-state index contributed by atoms with van der Waals surface area (Å²) in [5.41, 5.74) is 2.90. The number of carbonyl (C=O) groups is 2. The molecular formula is C28H36FN3O4. The number of benzene rings is 2. The molecule has 0 radical (unpaired) electrons. The van der Waals surface area contributed by atoms with E-state index in [0.717, 1.165) is 55.7 Å². The van der Waals surface area contributed by atoms with Crippen molar-refractivity contribution in [2.75, 3.05) is 59.5 Å². The number of halogens is 1. The molecule has 2 saturated heterocycles. The van der Waals surface area contributed by atoms with Crippen molar-refractivity contribution in [3.05, 3.63) is 53.8 Å². The fraction of sp³-hybridized carbons (Fsp3) is 0.500. The third-order valence-corrected chi connectivity index (χ3v) is 6.97. The van der Waals surface area contributed by atoms with Crippen LogP contribution in [0.3, 0.4) is 0 Å². The highest BCUT2D eigenvalue weighted by Crippen LogP contribution is 2.29. The maximum atomic E-state index is 13.4. The number of likely N-dealkylation sites (tertiary alicyclic amines) is 1. The molecule has 0 spiro atoms. The van der Waals surface area contributed by atoms with Crippen LogP contribution in [-0.2, 0) is 20.9 Å². The number of amides is 1. The summed E-state index contributed by atoms with van der Waals surface area (Å²) in [4.78, 5) is 31.5. The van der Waals surface area contributed by atoms with Gasteiger partial charge in [-0.3, -0.25) is 14.5 Å². The lowest BCUT2D eigenvalue weighted by Gasteiger charge is -2.33. The van der Waals surface area contributed by atoms with Gasteiger partial charge in [0.2, 0.25) is 0 Å². The molecular weight excluding hydrogens is 461 g/mol. The maximum Gasteiger partial charge on any atom is 0.310 e. The van der Waals surface area contributed by atoms with E-state index in [1.165, 1.54) is 12.1 Å². The molecule has 36 heavy (non-hydrogen) atoms. The molecule has 2 heterocycles. The molecule has 0 aliphatic carbocycles. The number of piperazine rings is 1. The van der Waals surface area contributed by atoms with E-state index in [-0.39, 0.29) is 30.2 Å². The first-order valence-electron chi connectivity index (χ1n) is 12.8. The fourth-order valence-corrected chi connectivity index (χ4v) is 4.80. The van der Waals surface area contributed by atoms with E-state index in [1.54, 1.807) is 24.0 Å². The first-order valence-corrected chi connectivity index (χ1v) is 12.8. The summed E-state index contributed by atoms with van der Waals surface area (Å²) >= 11 is 0. The van der Waals surface area contributed by atoms with Gasteiger partial charge in [-0.1, -0.05) is 18.2 Å². The second-order valence-electron chi connectivity index (χ2n) is 9.63. The maximum absolute atomic E-state index is 13.4. The first kappa shape index (κ1) is 26.1. The quantitative estimate of drug-likeness (QED) is 0.521. The number of likely N-dealkylation sites (N-methyl/N-ethyl adjacent to an activating group) is 1. The number of hydrogen-bond acceptors (Lipinski definition) is 6. The van der Waals surface area contributed by atoms with Crippen LogP contribution < -0.4 is 4.74 Å². The molecule has 0 bridgehead atoms. The topological polar surface area (TPSA) is 62.3 Å². The number of hydrogen-bond donors (Lipinski definition) is 0. The molecule has 1 atom stereocenters. The minimum atomic E-state index is -0.273. The summed E-state index contributed by atoms with van der Waals surface area (Å²) < 4.78 is 24.6. The third kappa shape index (κ3) is 6.83. The van der Waals surface area contributed by atoms with Gasteiger partial charge in [0.05, 0.1) is 12.5 Å². The molecule has 2 aromatic carbocycles. The van der Waals surface area contributed by atoms with Crippen LogP contribution in [0.1, 0.15) is 25.3 Å². The van der Waals surface area contributed by atoms with Gasteiger partial charge in [0.15, 0.2) is 6.61 Å². The van der Waals surface area contributed by atoms with Crippen molar-refractivity contribution >= 4 is 11.9 Å². The van der Waals surface area contributed by atoms with Gasteiger partial charge in [-0.2, -0.15) is 0 Å². The zero-order valence-corrected chi connectivity index (χ0v) is 21.2. The molecule has 7 nitrogen and oxygen atoms in total. The average molecular weight is 498 g/mol. The SMILES string of the molecule is CCOC(=O)[C@H]1CCCN(C(=O)COc2ccc(-c3ccc(F)cc3)cc2CN2CCN(C)CC2)C1. The number of carbonyl (C=O) groups excluding carboxylic acids is 2. The average Bonchev–Trinajstić information content (AvgIpc) is 2.89. The molecule has 2 aliphatic heterocycles. The molecule has 1 amide bonds. The van der Waals surface area contributed by atoms with Gasteiger partial charge < -0.3 is 19.3 Å².